The molecule has 0 N–H and O–H groups in total. The Morgan fingerprint density at radius 2 is 2.04 bits per heavy atom. The molecule has 150 valence electrons. The molecule has 5 nitrogen and oxygen atoms in total. The quantitative estimate of drug-likeness (QED) is 0.768. The third kappa shape index (κ3) is 5.04. The molecule has 0 spiro atoms. The van der Waals surface area contributed by atoms with Gasteiger partial charge in [0.2, 0.25) is 0 Å². The lowest BCUT2D eigenvalue weighted by molar-refractivity contribution is 0.0180. The van der Waals surface area contributed by atoms with Gasteiger partial charge in [-0.25, -0.2) is 13.6 Å². The first-order chi connectivity index (χ1) is 13.2. The molecule has 1 atom stereocenters. The Labute approximate surface area is 163 Å². The van der Waals surface area contributed by atoms with Crippen molar-refractivity contribution in [2.24, 2.45) is 0 Å². The van der Waals surface area contributed by atoms with Crippen LogP contribution in [0.5, 0.6) is 0 Å². The highest BCUT2D eigenvalue weighted by atomic mass is 19.1. The van der Waals surface area contributed by atoms with Crippen LogP contribution in [-0.2, 0) is 16.1 Å². The van der Waals surface area contributed by atoms with Crippen LogP contribution >= 0.6 is 0 Å². The van der Waals surface area contributed by atoms with Crippen LogP contribution in [0.15, 0.2) is 36.5 Å². The molecule has 1 aliphatic rings. The summed E-state index contributed by atoms with van der Waals surface area (Å²) in [5, 5.41) is 0. The molecule has 1 aromatic carbocycles. The van der Waals surface area contributed by atoms with Crippen molar-refractivity contribution in [1.82, 2.24) is 9.88 Å². The summed E-state index contributed by atoms with van der Waals surface area (Å²) >= 11 is 0. The second kappa shape index (κ2) is 8.22. The second-order valence-corrected chi connectivity index (χ2v) is 7.77. The molecule has 28 heavy (non-hydrogen) atoms. The van der Waals surface area contributed by atoms with Gasteiger partial charge in [0.25, 0.3) is 0 Å². The lowest BCUT2D eigenvalue weighted by Gasteiger charge is -2.24. The van der Waals surface area contributed by atoms with E-state index >= 15 is 0 Å². The van der Waals surface area contributed by atoms with E-state index in [1.165, 1.54) is 0 Å². The molecule has 0 aliphatic carbocycles. The molecule has 7 heteroatoms. The molecule has 1 aliphatic heterocycles. The summed E-state index contributed by atoms with van der Waals surface area (Å²) < 4.78 is 39.0. The molecule has 1 saturated heterocycles. The van der Waals surface area contributed by atoms with Crippen molar-refractivity contribution in [1.29, 1.82) is 0 Å². The summed E-state index contributed by atoms with van der Waals surface area (Å²) in [7, 11) is 0. The smallest absolute Gasteiger partial charge is 0.410 e. The minimum atomic E-state index is -0.548. The van der Waals surface area contributed by atoms with Crippen LogP contribution in [0.1, 0.15) is 32.9 Å². The average Bonchev–Trinajstić information content (AvgIpc) is 3.10. The highest BCUT2D eigenvalue weighted by molar-refractivity contribution is 5.68. The number of hydrogen-bond donors (Lipinski definition) is 0. The van der Waals surface area contributed by atoms with Gasteiger partial charge in [0, 0.05) is 23.9 Å². The van der Waals surface area contributed by atoms with E-state index in [1.54, 1.807) is 23.2 Å². The van der Waals surface area contributed by atoms with Crippen LogP contribution in [0.3, 0.4) is 0 Å². The Kier molecular flexibility index (Phi) is 5.93. The maximum absolute atomic E-state index is 14.2. The zero-order chi connectivity index (χ0) is 20.3. The number of pyridine rings is 1. The van der Waals surface area contributed by atoms with Crippen LogP contribution in [0.25, 0.3) is 11.1 Å². The summed E-state index contributed by atoms with van der Waals surface area (Å²) in [4.78, 5) is 18.0. The van der Waals surface area contributed by atoms with Crippen molar-refractivity contribution in [3.05, 3.63) is 53.9 Å². The zero-order valence-electron chi connectivity index (χ0n) is 16.2. The average molecular weight is 390 g/mol. The van der Waals surface area contributed by atoms with E-state index in [-0.39, 0.29) is 24.4 Å². The minimum absolute atomic E-state index is 0.138. The normalized spacial score (nSPS) is 17.0. The molecular weight excluding hydrogens is 366 g/mol. The van der Waals surface area contributed by atoms with E-state index in [2.05, 4.69) is 4.98 Å². The molecule has 3 rings (SSSR count). The Morgan fingerprint density at radius 3 is 2.79 bits per heavy atom. The number of hydrogen-bond acceptors (Lipinski definition) is 4. The van der Waals surface area contributed by atoms with Crippen LogP contribution in [-0.4, -0.2) is 40.8 Å². The Morgan fingerprint density at radius 1 is 1.25 bits per heavy atom. The van der Waals surface area contributed by atoms with Crippen LogP contribution in [0.2, 0.25) is 0 Å². The lowest BCUT2D eigenvalue weighted by atomic mass is 10.0. The van der Waals surface area contributed by atoms with Gasteiger partial charge in [0.15, 0.2) is 0 Å². The van der Waals surface area contributed by atoms with Gasteiger partial charge >= 0.3 is 6.09 Å². The highest BCUT2D eigenvalue weighted by Crippen LogP contribution is 2.27. The number of carbonyl (C=O) groups excluding carboxylic acids is 1. The number of carbonyl (C=O) groups is 1. The number of aromatic nitrogens is 1. The van der Waals surface area contributed by atoms with Crippen molar-refractivity contribution < 1.29 is 23.0 Å². The van der Waals surface area contributed by atoms with E-state index in [1.807, 2.05) is 20.8 Å². The van der Waals surface area contributed by atoms with E-state index in [9.17, 15) is 13.6 Å². The second-order valence-electron chi connectivity index (χ2n) is 7.77. The number of benzene rings is 1. The van der Waals surface area contributed by atoms with Crippen molar-refractivity contribution in [2.75, 3.05) is 13.1 Å². The van der Waals surface area contributed by atoms with Crippen molar-refractivity contribution >= 4 is 6.09 Å². The van der Waals surface area contributed by atoms with E-state index in [0.717, 1.165) is 18.2 Å². The molecule has 1 amide bonds. The number of halogens is 2. The van der Waals surface area contributed by atoms with Crippen molar-refractivity contribution in [2.45, 2.75) is 45.5 Å². The molecule has 2 aromatic rings. The van der Waals surface area contributed by atoms with Gasteiger partial charge in [0.1, 0.15) is 17.2 Å². The lowest BCUT2D eigenvalue weighted by Crippen LogP contribution is -2.36. The first kappa shape index (κ1) is 20.2. The van der Waals surface area contributed by atoms with Gasteiger partial charge < -0.3 is 14.4 Å². The number of rotatable bonds is 4. The summed E-state index contributed by atoms with van der Waals surface area (Å²) in [6, 6.07) is 6.68. The van der Waals surface area contributed by atoms with E-state index in [4.69, 9.17) is 9.47 Å². The van der Waals surface area contributed by atoms with Gasteiger partial charge in [-0.15, -0.1) is 0 Å². The van der Waals surface area contributed by atoms with Crippen molar-refractivity contribution in [3.8, 4) is 11.1 Å². The topological polar surface area (TPSA) is 51.7 Å². The van der Waals surface area contributed by atoms with Gasteiger partial charge in [-0.1, -0.05) is 6.07 Å². The van der Waals surface area contributed by atoms with Gasteiger partial charge in [-0.3, -0.25) is 4.98 Å². The fraction of sp³-hybridized carbons (Fsp3) is 0.429. The Bertz CT molecular complexity index is 852. The highest BCUT2D eigenvalue weighted by Gasteiger charge is 2.30. The first-order valence-corrected chi connectivity index (χ1v) is 9.22. The third-order valence-corrected chi connectivity index (χ3v) is 4.36. The molecule has 0 radical (unpaired) electrons. The number of amides is 1. The third-order valence-electron chi connectivity index (χ3n) is 4.36. The summed E-state index contributed by atoms with van der Waals surface area (Å²) in [5.41, 5.74) is 0.603. The minimum Gasteiger partial charge on any atom is -0.444 e. The number of nitrogens with zero attached hydrogens (tertiary/aromatic N) is 2. The molecule has 0 saturated carbocycles. The molecule has 1 aromatic heterocycles. The fourth-order valence-electron chi connectivity index (χ4n) is 3.06. The Hall–Kier alpha value is -2.54. The van der Waals surface area contributed by atoms with Gasteiger partial charge in [0.05, 0.1) is 24.9 Å². The predicted octanol–water partition coefficient (Wildman–Crippen LogP) is 4.55. The molecule has 1 fully saturated rings. The van der Waals surface area contributed by atoms with Gasteiger partial charge in [-0.05, 0) is 51.5 Å². The van der Waals surface area contributed by atoms with E-state index < -0.39 is 17.2 Å². The SMILES string of the molecule is CC(C)(C)OC(=O)N1CCC(OCc2ncccc2-c2cc(F)ccc2F)C1. The predicted molar refractivity (Wildman–Crippen MR) is 101 cm³/mol. The molecule has 0 bridgehead atoms. The summed E-state index contributed by atoms with van der Waals surface area (Å²) in [6.07, 6.45) is 1.73. The summed E-state index contributed by atoms with van der Waals surface area (Å²) in [6.45, 7) is 6.58. The zero-order valence-corrected chi connectivity index (χ0v) is 16.2. The first-order valence-electron chi connectivity index (χ1n) is 9.22. The number of ether oxygens (including phenoxy) is 2. The molecular formula is C21H24F2N2O3. The number of likely N-dealkylation sites (tertiary alicyclic amines) is 1. The monoisotopic (exact) mass is 390 g/mol. The van der Waals surface area contributed by atoms with Crippen molar-refractivity contribution in [3.63, 3.8) is 0 Å². The molecule has 1 unspecified atom stereocenters. The standard InChI is InChI=1S/C21H24F2N2O3/c1-21(2,3)28-20(26)25-10-8-15(12-25)27-13-19-16(5-4-9-24-19)17-11-14(22)6-7-18(17)23/h4-7,9,11,15H,8,10,12-13H2,1-3H3. The largest absolute Gasteiger partial charge is 0.444 e. The summed E-state index contributed by atoms with van der Waals surface area (Å²) in [5.74, 6) is -1.04. The maximum Gasteiger partial charge on any atom is 0.410 e. The van der Waals surface area contributed by atoms with Gasteiger partial charge in [-0.2, -0.15) is 0 Å². The van der Waals surface area contributed by atoms with Crippen LogP contribution in [0.4, 0.5) is 13.6 Å². The maximum atomic E-state index is 14.2. The fourth-order valence-corrected chi connectivity index (χ4v) is 3.06. The molecule has 2 heterocycles. The Balaban J connectivity index is 1.65. The van der Waals surface area contributed by atoms with Crippen LogP contribution < -0.4 is 0 Å². The van der Waals surface area contributed by atoms with Crippen LogP contribution in [0, 0.1) is 11.6 Å². The van der Waals surface area contributed by atoms with E-state index in [0.29, 0.717) is 30.8 Å².